The Labute approximate surface area is 664 Å². The number of fused-ring (bicyclic) bond motifs is 2. The third-order valence-electron chi connectivity index (χ3n) is 17.1. The number of carboxylic acids is 1. The van der Waals surface area contributed by atoms with Gasteiger partial charge in [0.2, 0.25) is 0 Å². The number of hydrogen-bond donors (Lipinski definition) is 1. The smallest absolute Gasteiger partial charge is 0.178 e. The average Bonchev–Trinajstić information content (AvgIpc) is 1.65. The number of carbonyl (C=O) groups excluding carboxylic acids is 1. The first kappa shape index (κ1) is 83.3. The van der Waals surface area contributed by atoms with Crippen molar-refractivity contribution in [2.45, 2.75) is 66.9 Å². The molecule has 0 bridgehead atoms. The highest BCUT2D eigenvalue weighted by Crippen LogP contribution is 2.40. The number of hydrogen-bond acceptors (Lipinski definition) is 21. The van der Waals surface area contributed by atoms with Gasteiger partial charge in [-0.15, -0.1) is 0 Å². The summed E-state index contributed by atoms with van der Waals surface area (Å²) in [5, 5.41) is 18.9. The number of aryl methyl sites for hydroxylation is 3. The maximum atomic E-state index is 10.2. The fourth-order valence-corrected chi connectivity index (χ4v) is 11.6. The van der Waals surface area contributed by atoms with Gasteiger partial charge in [-0.05, 0) is 171 Å². The lowest BCUT2D eigenvalue weighted by Gasteiger charge is -2.19. The summed E-state index contributed by atoms with van der Waals surface area (Å²) in [4.78, 5) is 72.5. The van der Waals surface area contributed by atoms with Crippen LogP contribution in [-0.4, -0.2) is 123 Å². The molecule has 1 N–H and O–H groups in total. The fraction of sp³-hybridized carbons (Fsp3) is 0.185. The molecule has 0 saturated carbocycles. The number of nitrogens with zero attached hydrogens (tertiary/aromatic N) is 18. The molecule has 5 aromatic carbocycles. The van der Waals surface area contributed by atoms with Crippen molar-refractivity contribution < 1.29 is 15.0 Å². The zero-order valence-electron chi connectivity index (χ0n) is 65.5. The number of para-hydroxylation sites is 5. The summed E-state index contributed by atoms with van der Waals surface area (Å²) in [6.45, 7) is 14.7. The Hall–Kier alpha value is -13.8. The predicted octanol–water partition coefficient (Wildman–Crippen LogP) is 17.4. The zero-order valence-corrected chi connectivity index (χ0v) is 65.5. The van der Waals surface area contributed by atoms with Gasteiger partial charge in [0.25, 0.3) is 0 Å². The Morgan fingerprint density at radius 3 is 1.46 bits per heavy atom. The fourth-order valence-electron chi connectivity index (χ4n) is 11.6. The summed E-state index contributed by atoms with van der Waals surface area (Å²) in [5.41, 5.74) is 18.0. The first-order valence-corrected chi connectivity index (χ1v) is 37.3. The molecule has 17 rings (SSSR count). The van der Waals surface area contributed by atoms with Gasteiger partial charge in [0, 0.05) is 136 Å². The lowest BCUT2D eigenvalue weighted by molar-refractivity contribution is -0.255. The van der Waals surface area contributed by atoms with E-state index in [0.29, 0.717) is 17.4 Å². The monoisotopic (exact) mass is 1500 g/mol. The first-order valence-electron chi connectivity index (χ1n) is 37.3. The van der Waals surface area contributed by atoms with E-state index in [1.54, 1.807) is 99.5 Å². The van der Waals surface area contributed by atoms with Crippen LogP contribution in [0, 0.1) is 12.8 Å². The standard InChI is InChI=1S/C15H17N.C14H14N2.C13H13N3.C11H9N.2C9H7N3.C8H10N4.C7H7NO2.C6H14O/c1-3-12-6-5-7-14(10-12)15-11-13(4-2)8-9-16-15;1-15-11-16(12-7-3-2-4-8-12)14-10-6-5-9-13(14)15;1-15-10-16(11-5-4-8-14-9-11)13-7-3-2-6-12(13)15;1-2-6-10(7-3-1)11-8-4-5-9-12-11;1-2-5-10-8(4-1)9-11-6-3-7-12-9;1-2-8(6-10-3-1)9-7-11-4-5-12-9;1-11-4-5-12(7-11)8-6-9-2-3-10-8;1-5-3-2-4-6(8-5)7(9)10;1-5(2)4-6(3)7/h5-11H,3-4H2,1-2H3;2-10H,11H2,1H3;2-9H,10H2,1H3;1-9H;2*1-7H;2-6H,7H2,1H3;2-4H,1H3,(H,9,10);5-7H,4H2,1-3H3/p-1. The molecule has 0 saturated heterocycles. The van der Waals surface area contributed by atoms with Crippen LogP contribution in [0.1, 0.15) is 68.3 Å². The summed E-state index contributed by atoms with van der Waals surface area (Å²) in [7, 11) is 6.25. The molecule has 1 atom stereocenters. The van der Waals surface area contributed by atoms with Gasteiger partial charge in [-0.2, -0.15) is 0 Å². The highest BCUT2D eigenvalue weighted by atomic mass is 16.4. The average molecular weight is 1500 g/mol. The van der Waals surface area contributed by atoms with Crippen molar-refractivity contribution in [2.75, 3.05) is 65.6 Å². The van der Waals surface area contributed by atoms with Crippen molar-refractivity contribution in [1.82, 2.24) is 64.7 Å². The first-order chi connectivity index (χ1) is 55.1. The third-order valence-corrected chi connectivity index (χ3v) is 17.1. The maximum absolute atomic E-state index is 10.2. The quantitative estimate of drug-likeness (QED) is 0.120. The number of anilines is 7. The van der Waals surface area contributed by atoms with Crippen LogP contribution < -0.4 is 29.6 Å². The topological polar surface area (TPSA) is 234 Å². The van der Waals surface area contributed by atoms with Crippen LogP contribution in [0.15, 0.2) is 336 Å². The molecule has 0 amide bonds. The predicted molar refractivity (Wildman–Crippen MR) is 454 cm³/mol. The molecule has 0 fully saturated rings. The number of benzene rings is 5. The van der Waals surface area contributed by atoms with E-state index >= 15 is 0 Å². The number of pyridine rings is 6. The Bertz CT molecular complexity index is 4600. The minimum Gasteiger partial charge on any atom is -0.543 e. The van der Waals surface area contributed by atoms with Crippen molar-refractivity contribution >= 4 is 45.9 Å². The number of carboxylic acid groups (broad SMARTS) is 1. The highest BCUT2D eigenvalue weighted by molar-refractivity contribution is 5.84. The molecule has 21 heteroatoms. The SMILES string of the molecule is CC(C)CC(C)O.CCc1cccc(-c2cc(CC)ccn2)c1.CN1C=CN(c2cnccn2)C1.CN1CN(c2ccccc2)c2ccccc21.CN1CN(c2cccnc2)c2ccccc21.Cc1cccc(C(=O)[O-])n1.c1ccc(-c2ccccn2)cc1.c1ccc(-c2ncccn2)nc1.c1cncc(-c2cnccn2)c1. The van der Waals surface area contributed by atoms with Crippen molar-refractivity contribution in [3.05, 3.63) is 358 Å². The molecular weight excluding hydrogens is 1410 g/mol. The summed E-state index contributed by atoms with van der Waals surface area (Å²) in [6, 6.07) is 76.5. The zero-order chi connectivity index (χ0) is 79.8. The Balaban J connectivity index is 0.000000147. The van der Waals surface area contributed by atoms with Crippen LogP contribution in [-0.2, 0) is 12.8 Å². The molecule has 113 heavy (non-hydrogen) atoms. The minimum absolute atomic E-state index is 0.0139. The summed E-state index contributed by atoms with van der Waals surface area (Å²) in [6.07, 6.45) is 33.1. The molecule has 9 aromatic heterocycles. The Morgan fingerprint density at radius 2 is 0.938 bits per heavy atom. The van der Waals surface area contributed by atoms with Crippen LogP contribution in [0.5, 0.6) is 0 Å². The largest absolute Gasteiger partial charge is 0.543 e. The minimum atomic E-state index is -1.23. The van der Waals surface area contributed by atoms with Crippen molar-refractivity contribution in [3.8, 4) is 45.3 Å². The molecule has 0 spiro atoms. The number of aromatic carboxylic acids is 1. The number of aliphatic hydroxyl groups is 1. The third kappa shape index (κ3) is 27.1. The normalized spacial score (nSPS) is 12.0. The van der Waals surface area contributed by atoms with E-state index in [-0.39, 0.29) is 11.8 Å². The van der Waals surface area contributed by atoms with E-state index < -0.39 is 5.97 Å². The summed E-state index contributed by atoms with van der Waals surface area (Å²) in [5.74, 6) is 0.944. The molecule has 0 aliphatic carbocycles. The van der Waals surface area contributed by atoms with Crippen LogP contribution in [0.25, 0.3) is 45.3 Å². The lowest BCUT2D eigenvalue weighted by Crippen LogP contribution is -2.23. The van der Waals surface area contributed by atoms with Gasteiger partial charge in [0.15, 0.2) is 11.6 Å². The summed E-state index contributed by atoms with van der Waals surface area (Å²) < 4.78 is 0. The van der Waals surface area contributed by atoms with Gasteiger partial charge in [-0.1, -0.05) is 137 Å². The van der Waals surface area contributed by atoms with Crippen LogP contribution >= 0.6 is 0 Å². The van der Waals surface area contributed by atoms with Crippen molar-refractivity contribution in [2.24, 2.45) is 5.92 Å². The lowest BCUT2D eigenvalue weighted by atomic mass is 10.0. The number of carbonyl (C=O) groups is 1. The number of rotatable bonds is 12. The van der Waals surface area contributed by atoms with Gasteiger partial charge in [-0.25, -0.2) is 15.0 Å². The van der Waals surface area contributed by atoms with Crippen LogP contribution in [0.3, 0.4) is 0 Å². The molecular formula is C92H97N18O3-. The number of aliphatic hydroxyl groups excluding tert-OH is 1. The van der Waals surface area contributed by atoms with E-state index in [9.17, 15) is 9.90 Å². The molecule has 1 unspecified atom stereocenters. The number of aromatic nitrogens is 12. The molecule has 21 nitrogen and oxygen atoms in total. The van der Waals surface area contributed by atoms with Gasteiger partial charge < -0.3 is 44.4 Å². The highest BCUT2D eigenvalue weighted by Gasteiger charge is 2.25. The van der Waals surface area contributed by atoms with E-state index in [1.165, 1.54) is 51.2 Å². The molecule has 574 valence electrons. The van der Waals surface area contributed by atoms with Crippen LogP contribution in [0.2, 0.25) is 0 Å². The molecule has 0 radical (unpaired) electrons. The molecule has 3 aliphatic heterocycles. The van der Waals surface area contributed by atoms with E-state index in [0.717, 1.165) is 84.7 Å². The maximum Gasteiger partial charge on any atom is 0.178 e. The van der Waals surface area contributed by atoms with Crippen molar-refractivity contribution in [3.63, 3.8) is 0 Å². The van der Waals surface area contributed by atoms with E-state index in [1.807, 2.05) is 123 Å². The second-order valence-corrected chi connectivity index (χ2v) is 26.4. The van der Waals surface area contributed by atoms with Gasteiger partial charge >= 0.3 is 0 Å². The molecule has 12 heterocycles. The van der Waals surface area contributed by atoms with E-state index in [4.69, 9.17) is 5.11 Å². The second-order valence-electron chi connectivity index (χ2n) is 26.4. The van der Waals surface area contributed by atoms with E-state index in [2.05, 4.69) is 260 Å². The molecule has 3 aliphatic rings. The summed E-state index contributed by atoms with van der Waals surface area (Å²) >= 11 is 0. The Morgan fingerprint density at radius 1 is 0.416 bits per heavy atom. The van der Waals surface area contributed by atoms with Gasteiger partial charge in [-0.3, -0.25) is 44.9 Å². The second kappa shape index (κ2) is 45.3. The van der Waals surface area contributed by atoms with Crippen molar-refractivity contribution in [1.29, 1.82) is 0 Å². The van der Waals surface area contributed by atoms with Gasteiger partial charge in [0.1, 0.15) is 5.69 Å². The molecule has 14 aromatic rings. The Kier molecular flexibility index (Phi) is 33.3. The van der Waals surface area contributed by atoms with Crippen LogP contribution in [0.4, 0.5) is 39.9 Å². The van der Waals surface area contributed by atoms with Gasteiger partial charge in [0.05, 0.1) is 102 Å².